The van der Waals surface area contributed by atoms with Crippen molar-refractivity contribution in [2.45, 2.75) is 44.6 Å². The first kappa shape index (κ1) is 7.03. The van der Waals surface area contributed by atoms with E-state index in [-0.39, 0.29) is 6.10 Å². The minimum Gasteiger partial charge on any atom is -0.282 e. The Labute approximate surface area is 56.3 Å². The van der Waals surface area contributed by atoms with Crippen LogP contribution in [0.3, 0.4) is 0 Å². The summed E-state index contributed by atoms with van der Waals surface area (Å²) in [7, 11) is 0. The molecule has 0 saturated heterocycles. The molecule has 1 aliphatic carbocycles. The lowest BCUT2D eigenvalue weighted by Gasteiger charge is -2.07. The average Bonchev–Trinajstić information content (AvgIpc) is 2.13. The summed E-state index contributed by atoms with van der Waals surface area (Å²) in [4.78, 5) is 4.52. The largest absolute Gasteiger partial charge is 0.282 e. The summed E-state index contributed by atoms with van der Waals surface area (Å²) in [5.74, 6) is 6.69. The van der Waals surface area contributed by atoms with E-state index in [1.807, 2.05) is 0 Å². The van der Waals surface area contributed by atoms with E-state index in [0.717, 1.165) is 12.8 Å². The van der Waals surface area contributed by atoms with Crippen molar-refractivity contribution in [2.75, 3.05) is 0 Å². The molecule has 0 unspecified atom stereocenters. The van der Waals surface area contributed by atoms with Gasteiger partial charge in [-0.25, -0.2) is 0 Å². The standard InChI is InChI=1S/C7H14NO/c8-9-7-5-3-1-2-4-6-7/h7-8H,1-6H2. The number of rotatable bonds is 1. The van der Waals surface area contributed by atoms with Crippen LogP contribution in [0.5, 0.6) is 0 Å². The number of hydrogen-bond donors (Lipinski definition) is 0. The van der Waals surface area contributed by atoms with Crippen LogP contribution in [0.2, 0.25) is 0 Å². The van der Waals surface area contributed by atoms with E-state index in [1.54, 1.807) is 0 Å². The molecule has 1 rings (SSSR count). The molecule has 0 bridgehead atoms. The second kappa shape index (κ2) is 3.85. The molecule has 0 amide bonds. The molecule has 0 aromatic rings. The Kier molecular flexibility index (Phi) is 3.01. The van der Waals surface area contributed by atoms with Gasteiger partial charge in [0, 0.05) is 0 Å². The Morgan fingerprint density at radius 1 is 1.00 bits per heavy atom. The van der Waals surface area contributed by atoms with Crippen LogP contribution in [-0.2, 0) is 4.84 Å². The highest BCUT2D eigenvalue weighted by Gasteiger charge is 2.10. The minimum absolute atomic E-state index is 0.243. The van der Waals surface area contributed by atoms with Gasteiger partial charge in [-0.15, -0.1) is 5.90 Å². The third-order valence-corrected chi connectivity index (χ3v) is 1.97. The molecule has 1 aliphatic rings. The summed E-state index contributed by atoms with van der Waals surface area (Å²) in [6.07, 6.45) is 7.62. The van der Waals surface area contributed by atoms with Gasteiger partial charge in [-0.05, 0) is 12.8 Å². The fourth-order valence-electron chi connectivity index (χ4n) is 1.36. The first-order chi connectivity index (χ1) is 4.43. The summed E-state index contributed by atoms with van der Waals surface area (Å²) >= 11 is 0. The molecule has 1 N–H and O–H groups in total. The van der Waals surface area contributed by atoms with Crippen LogP contribution in [0, 0.1) is 0 Å². The van der Waals surface area contributed by atoms with Crippen molar-refractivity contribution in [1.82, 2.24) is 5.90 Å². The quantitative estimate of drug-likeness (QED) is 0.392. The predicted octanol–water partition coefficient (Wildman–Crippen LogP) is 1.92. The lowest BCUT2D eigenvalue weighted by Crippen LogP contribution is -2.09. The third kappa shape index (κ3) is 2.33. The fourth-order valence-corrected chi connectivity index (χ4v) is 1.36. The van der Waals surface area contributed by atoms with E-state index in [1.165, 1.54) is 25.7 Å². The van der Waals surface area contributed by atoms with Crippen molar-refractivity contribution in [3.8, 4) is 0 Å². The van der Waals surface area contributed by atoms with Crippen molar-refractivity contribution in [1.29, 1.82) is 0 Å². The molecule has 0 aromatic carbocycles. The van der Waals surface area contributed by atoms with Crippen LogP contribution in [0.1, 0.15) is 38.5 Å². The van der Waals surface area contributed by atoms with Gasteiger partial charge in [-0.1, -0.05) is 25.7 Å². The van der Waals surface area contributed by atoms with Gasteiger partial charge < -0.3 is 0 Å². The van der Waals surface area contributed by atoms with Crippen LogP contribution < -0.4 is 5.90 Å². The van der Waals surface area contributed by atoms with Crippen molar-refractivity contribution >= 4 is 0 Å². The fraction of sp³-hybridized carbons (Fsp3) is 1.00. The highest BCUT2D eigenvalue weighted by Crippen LogP contribution is 2.18. The molecule has 0 heterocycles. The van der Waals surface area contributed by atoms with E-state index < -0.39 is 0 Å². The smallest absolute Gasteiger partial charge is 0.0807 e. The lowest BCUT2D eigenvalue weighted by atomic mass is 10.2. The Balaban J connectivity index is 2.18. The minimum atomic E-state index is 0.243. The zero-order chi connectivity index (χ0) is 6.53. The average molecular weight is 128 g/mol. The second-order valence-corrected chi connectivity index (χ2v) is 2.73. The molecular weight excluding hydrogens is 114 g/mol. The van der Waals surface area contributed by atoms with Gasteiger partial charge in [0.05, 0.1) is 6.10 Å². The molecule has 2 heteroatoms. The van der Waals surface area contributed by atoms with Crippen molar-refractivity contribution < 1.29 is 4.84 Å². The summed E-state index contributed by atoms with van der Waals surface area (Å²) < 4.78 is 0. The molecule has 1 saturated carbocycles. The van der Waals surface area contributed by atoms with Crippen LogP contribution in [0.15, 0.2) is 0 Å². The maximum Gasteiger partial charge on any atom is 0.0807 e. The van der Waals surface area contributed by atoms with Gasteiger partial charge in [-0.2, -0.15) is 0 Å². The summed E-state index contributed by atoms with van der Waals surface area (Å²) in [5.41, 5.74) is 0. The summed E-state index contributed by atoms with van der Waals surface area (Å²) in [6, 6.07) is 0. The van der Waals surface area contributed by atoms with Crippen LogP contribution in [0.25, 0.3) is 0 Å². The van der Waals surface area contributed by atoms with Gasteiger partial charge in [-0.3, -0.25) is 4.84 Å². The molecule has 0 spiro atoms. The van der Waals surface area contributed by atoms with Gasteiger partial charge in [0.15, 0.2) is 0 Å². The molecule has 0 aromatic heterocycles. The molecular formula is C7H14NO. The van der Waals surface area contributed by atoms with Gasteiger partial charge in [0.2, 0.25) is 0 Å². The summed E-state index contributed by atoms with van der Waals surface area (Å²) in [6.45, 7) is 0. The normalized spacial score (nSPS) is 23.7. The number of nitrogens with one attached hydrogen (secondary N) is 1. The third-order valence-electron chi connectivity index (χ3n) is 1.97. The molecule has 1 fully saturated rings. The topological polar surface area (TPSA) is 33.0 Å². The van der Waals surface area contributed by atoms with Crippen LogP contribution in [0.4, 0.5) is 0 Å². The van der Waals surface area contributed by atoms with Crippen molar-refractivity contribution in [2.24, 2.45) is 0 Å². The summed E-state index contributed by atoms with van der Waals surface area (Å²) in [5, 5.41) is 0. The van der Waals surface area contributed by atoms with Gasteiger partial charge >= 0.3 is 0 Å². The van der Waals surface area contributed by atoms with Crippen LogP contribution >= 0.6 is 0 Å². The molecule has 1 radical (unpaired) electrons. The van der Waals surface area contributed by atoms with Gasteiger partial charge in [0.25, 0.3) is 0 Å². The highest BCUT2D eigenvalue weighted by atomic mass is 16.6. The van der Waals surface area contributed by atoms with Crippen LogP contribution in [-0.4, -0.2) is 6.10 Å². The lowest BCUT2D eigenvalue weighted by molar-refractivity contribution is 0.0276. The SMILES string of the molecule is [NH]OC1CCCCCC1. The Morgan fingerprint density at radius 3 is 2.00 bits per heavy atom. The molecule has 9 heavy (non-hydrogen) atoms. The Hall–Kier alpha value is -0.0800. The van der Waals surface area contributed by atoms with E-state index in [4.69, 9.17) is 5.90 Å². The first-order valence-electron chi connectivity index (χ1n) is 3.76. The predicted molar refractivity (Wildman–Crippen MR) is 35.7 cm³/mol. The number of hydrogen-bond acceptors (Lipinski definition) is 1. The Morgan fingerprint density at radius 2 is 1.56 bits per heavy atom. The maximum atomic E-state index is 6.69. The zero-order valence-corrected chi connectivity index (χ0v) is 5.73. The van der Waals surface area contributed by atoms with Crippen molar-refractivity contribution in [3.63, 3.8) is 0 Å². The van der Waals surface area contributed by atoms with E-state index >= 15 is 0 Å². The second-order valence-electron chi connectivity index (χ2n) is 2.73. The van der Waals surface area contributed by atoms with Crippen molar-refractivity contribution in [3.05, 3.63) is 0 Å². The zero-order valence-electron chi connectivity index (χ0n) is 5.73. The monoisotopic (exact) mass is 128 g/mol. The van der Waals surface area contributed by atoms with E-state index in [2.05, 4.69) is 4.84 Å². The van der Waals surface area contributed by atoms with E-state index in [0.29, 0.717) is 0 Å². The first-order valence-corrected chi connectivity index (χ1v) is 3.76. The maximum absolute atomic E-state index is 6.69. The molecule has 0 atom stereocenters. The molecule has 0 aliphatic heterocycles. The van der Waals surface area contributed by atoms with E-state index in [9.17, 15) is 0 Å². The molecule has 2 nitrogen and oxygen atoms in total. The Bertz CT molecular complexity index is 67.3. The highest BCUT2D eigenvalue weighted by molar-refractivity contribution is 4.62. The van der Waals surface area contributed by atoms with Gasteiger partial charge in [0.1, 0.15) is 0 Å². The molecule has 53 valence electrons.